The van der Waals surface area contributed by atoms with E-state index in [0.29, 0.717) is 22.9 Å². The highest BCUT2D eigenvalue weighted by Gasteiger charge is 2.28. The van der Waals surface area contributed by atoms with Crippen LogP contribution in [0.1, 0.15) is 18.9 Å². The van der Waals surface area contributed by atoms with Gasteiger partial charge in [0.15, 0.2) is 0 Å². The van der Waals surface area contributed by atoms with Crippen LogP contribution in [0.25, 0.3) is 0 Å². The Hall–Kier alpha value is -0.280. The van der Waals surface area contributed by atoms with Crippen molar-refractivity contribution in [1.29, 1.82) is 0 Å². The Bertz CT molecular complexity index is 320. The Kier molecular flexibility index (Phi) is 5.06. The molecule has 4 heteroatoms. The summed E-state index contributed by atoms with van der Waals surface area (Å²) in [6.45, 7) is 1.76. The van der Waals surface area contributed by atoms with E-state index in [9.17, 15) is 10.2 Å². The molecule has 0 atom stereocenters. The molecule has 16 heavy (non-hydrogen) atoms. The standard InChI is InChI=1S/C12H16Cl2O2/c1-2-12(7-15,8-16)6-9-10(13)4-3-5-11(9)14/h3-5,15-16H,2,6-8H2,1H3. The lowest BCUT2D eigenvalue weighted by molar-refractivity contribution is 0.0514. The summed E-state index contributed by atoms with van der Waals surface area (Å²) in [6.07, 6.45) is 1.15. The number of aliphatic hydroxyl groups is 2. The van der Waals surface area contributed by atoms with E-state index in [4.69, 9.17) is 23.2 Å². The fraction of sp³-hybridized carbons (Fsp3) is 0.500. The minimum atomic E-state index is -0.547. The molecule has 0 saturated carbocycles. The molecule has 2 N–H and O–H groups in total. The molecule has 1 rings (SSSR count). The van der Waals surface area contributed by atoms with Crippen molar-refractivity contribution < 1.29 is 10.2 Å². The first-order valence-corrected chi connectivity index (χ1v) is 5.99. The maximum absolute atomic E-state index is 9.37. The van der Waals surface area contributed by atoms with Crippen molar-refractivity contribution in [3.05, 3.63) is 33.8 Å². The molecular formula is C12H16Cl2O2. The lowest BCUT2D eigenvalue weighted by Crippen LogP contribution is -2.31. The van der Waals surface area contributed by atoms with Crippen molar-refractivity contribution in [3.8, 4) is 0 Å². The van der Waals surface area contributed by atoms with Crippen LogP contribution in [-0.4, -0.2) is 23.4 Å². The fourth-order valence-corrected chi connectivity index (χ4v) is 2.12. The topological polar surface area (TPSA) is 40.5 Å². The van der Waals surface area contributed by atoms with Gasteiger partial charge in [-0.05, 0) is 30.5 Å². The number of rotatable bonds is 5. The molecule has 90 valence electrons. The normalized spacial score (nSPS) is 11.8. The molecule has 1 aromatic rings. The van der Waals surface area contributed by atoms with Gasteiger partial charge in [0.1, 0.15) is 0 Å². The van der Waals surface area contributed by atoms with Gasteiger partial charge in [-0.3, -0.25) is 0 Å². The lowest BCUT2D eigenvalue weighted by Gasteiger charge is -2.29. The van der Waals surface area contributed by atoms with Gasteiger partial charge in [0, 0.05) is 15.5 Å². The lowest BCUT2D eigenvalue weighted by atomic mass is 9.81. The van der Waals surface area contributed by atoms with Crippen LogP contribution < -0.4 is 0 Å². The van der Waals surface area contributed by atoms with Crippen molar-refractivity contribution >= 4 is 23.2 Å². The summed E-state index contributed by atoms with van der Waals surface area (Å²) in [7, 11) is 0. The quantitative estimate of drug-likeness (QED) is 0.857. The van der Waals surface area contributed by atoms with E-state index in [1.54, 1.807) is 18.2 Å². The van der Waals surface area contributed by atoms with Crippen LogP contribution in [0.2, 0.25) is 10.0 Å². The average molecular weight is 263 g/mol. The van der Waals surface area contributed by atoms with Gasteiger partial charge < -0.3 is 10.2 Å². The summed E-state index contributed by atoms with van der Waals surface area (Å²) < 4.78 is 0. The number of benzene rings is 1. The largest absolute Gasteiger partial charge is 0.396 e. The van der Waals surface area contributed by atoms with Crippen molar-refractivity contribution in [2.24, 2.45) is 5.41 Å². The smallest absolute Gasteiger partial charge is 0.0512 e. The van der Waals surface area contributed by atoms with E-state index < -0.39 is 5.41 Å². The van der Waals surface area contributed by atoms with Crippen LogP contribution in [0, 0.1) is 5.41 Å². The molecule has 2 nitrogen and oxygen atoms in total. The van der Waals surface area contributed by atoms with Crippen molar-refractivity contribution in [2.75, 3.05) is 13.2 Å². The fourth-order valence-electron chi connectivity index (χ4n) is 1.59. The van der Waals surface area contributed by atoms with Crippen LogP contribution in [0.5, 0.6) is 0 Å². The number of halogens is 2. The summed E-state index contributed by atoms with van der Waals surface area (Å²) >= 11 is 12.1. The monoisotopic (exact) mass is 262 g/mol. The highest BCUT2D eigenvalue weighted by atomic mass is 35.5. The zero-order valence-electron chi connectivity index (χ0n) is 9.21. The minimum absolute atomic E-state index is 0.0818. The van der Waals surface area contributed by atoms with Gasteiger partial charge in [-0.1, -0.05) is 36.2 Å². The highest BCUT2D eigenvalue weighted by molar-refractivity contribution is 6.36. The molecule has 0 spiro atoms. The van der Waals surface area contributed by atoms with E-state index in [-0.39, 0.29) is 13.2 Å². The molecule has 0 aliphatic heterocycles. The molecule has 0 amide bonds. The molecular weight excluding hydrogens is 247 g/mol. The number of hydrogen-bond acceptors (Lipinski definition) is 2. The summed E-state index contributed by atoms with van der Waals surface area (Å²) in [6, 6.07) is 5.30. The third-order valence-corrected chi connectivity index (χ3v) is 3.74. The molecule has 0 aliphatic carbocycles. The second-order valence-corrected chi connectivity index (χ2v) is 4.86. The molecule has 0 heterocycles. The Morgan fingerprint density at radius 1 is 1.12 bits per heavy atom. The molecule has 0 fully saturated rings. The van der Waals surface area contributed by atoms with E-state index in [0.717, 1.165) is 5.56 Å². The summed E-state index contributed by atoms with van der Waals surface area (Å²) in [5, 5.41) is 19.9. The van der Waals surface area contributed by atoms with Gasteiger partial charge >= 0.3 is 0 Å². The molecule has 0 bridgehead atoms. The second-order valence-electron chi connectivity index (χ2n) is 4.05. The number of hydrogen-bond donors (Lipinski definition) is 2. The zero-order chi connectivity index (χ0) is 12.2. The van der Waals surface area contributed by atoms with Crippen LogP contribution in [0.15, 0.2) is 18.2 Å². The van der Waals surface area contributed by atoms with Gasteiger partial charge in [0.25, 0.3) is 0 Å². The van der Waals surface area contributed by atoms with Crippen molar-refractivity contribution in [2.45, 2.75) is 19.8 Å². The van der Waals surface area contributed by atoms with Gasteiger partial charge in [0.05, 0.1) is 13.2 Å². The highest BCUT2D eigenvalue weighted by Crippen LogP contribution is 2.33. The Morgan fingerprint density at radius 2 is 1.62 bits per heavy atom. The van der Waals surface area contributed by atoms with Crippen molar-refractivity contribution in [3.63, 3.8) is 0 Å². The van der Waals surface area contributed by atoms with E-state index in [2.05, 4.69) is 0 Å². The summed E-state index contributed by atoms with van der Waals surface area (Å²) in [5.74, 6) is 0. The maximum Gasteiger partial charge on any atom is 0.0512 e. The molecule has 0 aliphatic rings. The maximum atomic E-state index is 9.37. The van der Waals surface area contributed by atoms with Gasteiger partial charge in [-0.15, -0.1) is 0 Å². The summed E-state index contributed by atoms with van der Waals surface area (Å²) in [5.41, 5.74) is 0.241. The summed E-state index contributed by atoms with van der Waals surface area (Å²) in [4.78, 5) is 0. The average Bonchev–Trinajstić information content (AvgIpc) is 2.30. The molecule has 0 saturated heterocycles. The van der Waals surface area contributed by atoms with Crippen LogP contribution in [0.3, 0.4) is 0 Å². The van der Waals surface area contributed by atoms with E-state index in [1.807, 2.05) is 6.92 Å². The van der Waals surface area contributed by atoms with Gasteiger partial charge in [-0.2, -0.15) is 0 Å². The third kappa shape index (κ3) is 2.89. The Balaban J connectivity index is 3.02. The van der Waals surface area contributed by atoms with Gasteiger partial charge in [0.2, 0.25) is 0 Å². The Morgan fingerprint density at radius 3 is 2.00 bits per heavy atom. The van der Waals surface area contributed by atoms with E-state index >= 15 is 0 Å². The first kappa shape index (κ1) is 13.8. The number of aliphatic hydroxyl groups excluding tert-OH is 2. The predicted octanol–water partition coefficient (Wildman–Crippen LogP) is 2.92. The van der Waals surface area contributed by atoms with Gasteiger partial charge in [-0.25, -0.2) is 0 Å². The predicted molar refractivity (Wildman–Crippen MR) is 67.1 cm³/mol. The van der Waals surface area contributed by atoms with Crippen LogP contribution in [0.4, 0.5) is 0 Å². The second kappa shape index (κ2) is 5.87. The van der Waals surface area contributed by atoms with E-state index in [1.165, 1.54) is 0 Å². The zero-order valence-corrected chi connectivity index (χ0v) is 10.7. The molecule has 0 unspecified atom stereocenters. The first-order valence-electron chi connectivity index (χ1n) is 5.23. The molecule has 0 radical (unpaired) electrons. The first-order chi connectivity index (χ1) is 7.58. The van der Waals surface area contributed by atoms with Crippen LogP contribution >= 0.6 is 23.2 Å². The molecule has 0 aromatic heterocycles. The Labute approximate surface area is 106 Å². The van der Waals surface area contributed by atoms with Crippen molar-refractivity contribution in [1.82, 2.24) is 0 Å². The third-order valence-electron chi connectivity index (χ3n) is 3.03. The van der Waals surface area contributed by atoms with Crippen LogP contribution in [-0.2, 0) is 6.42 Å². The SMILES string of the molecule is CCC(CO)(CO)Cc1c(Cl)cccc1Cl. The molecule has 1 aromatic carbocycles. The minimum Gasteiger partial charge on any atom is -0.396 e.